The lowest BCUT2D eigenvalue weighted by atomic mass is 10.2. The lowest BCUT2D eigenvalue weighted by Gasteiger charge is -2.13. The fourth-order valence-electron chi connectivity index (χ4n) is 1.66. The van der Waals surface area contributed by atoms with E-state index in [1.165, 1.54) is 5.69 Å². The van der Waals surface area contributed by atoms with Crippen LogP contribution in [0.4, 0.5) is 0 Å². The first-order valence-corrected chi connectivity index (χ1v) is 5.33. The average molecular weight is 220 g/mol. The van der Waals surface area contributed by atoms with Gasteiger partial charge in [-0.05, 0) is 13.0 Å². The van der Waals surface area contributed by atoms with E-state index in [1.54, 1.807) is 6.20 Å². The fourth-order valence-corrected chi connectivity index (χ4v) is 1.66. The Balaban J connectivity index is 1.80. The average Bonchev–Trinajstić information content (AvgIpc) is 2.88. The van der Waals surface area contributed by atoms with Crippen LogP contribution in [0.1, 0.15) is 18.7 Å². The minimum Gasteiger partial charge on any atom is -0.307 e. The summed E-state index contributed by atoms with van der Waals surface area (Å²) in [6.45, 7) is 3.80. The Kier molecular flexibility index (Phi) is 3.31. The Morgan fingerprint density at radius 2 is 2.31 bits per heavy atom. The van der Waals surface area contributed by atoms with Gasteiger partial charge in [-0.2, -0.15) is 5.10 Å². The normalized spacial score (nSPS) is 12.9. The molecular formula is C10H16N6. The molecule has 86 valence electrons. The van der Waals surface area contributed by atoms with Crippen LogP contribution in [0.3, 0.4) is 0 Å². The fraction of sp³-hybridized carbons (Fsp3) is 0.500. The van der Waals surface area contributed by atoms with Crippen molar-refractivity contribution in [1.82, 2.24) is 30.1 Å². The monoisotopic (exact) mass is 220 g/mol. The molecule has 6 nitrogen and oxygen atoms in total. The van der Waals surface area contributed by atoms with Gasteiger partial charge in [0.05, 0.1) is 18.4 Å². The highest BCUT2D eigenvalue weighted by atomic mass is 15.4. The number of nitrogens with one attached hydrogen (secondary N) is 1. The van der Waals surface area contributed by atoms with Gasteiger partial charge in [0.15, 0.2) is 0 Å². The van der Waals surface area contributed by atoms with E-state index >= 15 is 0 Å². The van der Waals surface area contributed by atoms with E-state index in [4.69, 9.17) is 0 Å². The van der Waals surface area contributed by atoms with E-state index in [9.17, 15) is 0 Å². The van der Waals surface area contributed by atoms with Gasteiger partial charge in [-0.25, -0.2) is 0 Å². The second-order valence-corrected chi connectivity index (χ2v) is 3.72. The minimum atomic E-state index is 0.288. The van der Waals surface area contributed by atoms with Crippen molar-refractivity contribution in [2.24, 2.45) is 7.05 Å². The maximum atomic E-state index is 4.14. The molecule has 0 spiro atoms. The van der Waals surface area contributed by atoms with Crippen molar-refractivity contribution in [2.45, 2.75) is 19.5 Å². The van der Waals surface area contributed by atoms with Crippen molar-refractivity contribution in [3.63, 3.8) is 0 Å². The van der Waals surface area contributed by atoms with Crippen LogP contribution in [0.15, 0.2) is 24.7 Å². The van der Waals surface area contributed by atoms with E-state index in [0.717, 1.165) is 13.1 Å². The van der Waals surface area contributed by atoms with Gasteiger partial charge >= 0.3 is 0 Å². The first-order valence-electron chi connectivity index (χ1n) is 5.33. The van der Waals surface area contributed by atoms with Gasteiger partial charge in [-0.3, -0.25) is 9.36 Å². The third-order valence-corrected chi connectivity index (χ3v) is 2.57. The Morgan fingerprint density at radius 3 is 2.94 bits per heavy atom. The van der Waals surface area contributed by atoms with Crippen molar-refractivity contribution in [3.05, 3.63) is 30.4 Å². The van der Waals surface area contributed by atoms with Crippen LogP contribution in [0.25, 0.3) is 0 Å². The number of nitrogens with zero attached hydrogens (tertiary/aromatic N) is 5. The van der Waals surface area contributed by atoms with Gasteiger partial charge in [0.25, 0.3) is 0 Å². The van der Waals surface area contributed by atoms with Crippen LogP contribution in [0.2, 0.25) is 0 Å². The maximum Gasteiger partial charge on any atom is 0.0692 e. The molecule has 0 radical (unpaired) electrons. The van der Waals surface area contributed by atoms with Crippen LogP contribution in [-0.4, -0.2) is 31.3 Å². The quantitative estimate of drug-likeness (QED) is 0.790. The summed E-state index contributed by atoms with van der Waals surface area (Å²) in [5, 5.41) is 15.2. The van der Waals surface area contributed by atoms with Gasteiger partial charge in [0.1, 0.15) is 0 Å². The number of hydrogen-bond donors (Lipinski definition) is 1. The highest BCUT2D eigenvalue weighted by Gasteiger charge is 2.07. The van der Waals surface area contributed by atoms with E-state index in [2.05, 4.69) is 27.7 Å². The first kappa shape index (κ1) is 10.8. The summed E-state index contributed by atoms with van der Waals surface area (Å²) in [5.74, 6) is 0. The zero-order valence-corrected chi connectivity index (χ0v) is 9.54. The lowest BCUT2D eigenvalue weighted by Crippen LogP contribution is -2.25. The summed E-state index contributed by atoms with van der Waals surface area (Å²) >= 11 is 0. The minimum absolute atomic E-state index is 0.288. The van der Waals surface area contributed by atoms with Crippen molar-refractivity contribution in [2.75, 3.05) is 6.54 Å². The Hall–Kier alpha value is -1.69. The zero-order valence-electron chi connectivity index (χ0n) is 9.54. The van der Waals surface area contributed by atoms with Crippen molar-refractivity contribution >= 4 is 0 Å². The van der Waals surface area contributed by atoms with Crippen molar-refractivity contribution in [1.29, 1.82) is 0 Å². The molecule has 2 aromatic heterocycles. The molecule has 2 aromatic rings. The smallest absolute Gasteiger partial charge is 0.0692 e. The summed E-state index contributed by atoms with van der Waals surface area (Å²) < 4.78 is 3.69. The van der Waals surface area contributed by atoms with Crippen molar-refractivity contribution in [3.8, 4) is 0 Å². The summed E-state index contributed by atoms with van der Waals surface area (Å²) in [6.07, 6.45) is 5.35. The summed E-state index contributed by atoms with van der Waals surface area (Å²) in [5.41, 5.74) is 1.18. The SMILES string of the molecule is CC(NCCn1ccnn1)c1ccnn1C. The topological polar surface area (TPSA) is 60.6 Å². The Morgan fingerprint density at radius 1 is 1.44 bits per heavy atom. The maximum absolute atomic E-state index is 4.14. The molecule has 0 saturated carbocycles. The molecule has 0 aliphatic carbocycles. The van der Waals surface area contributed by atoms with Crippen LogP contribution >= 0.6 is 0 Å². The molecule has 0 aromatic carbocycles. The predicted octanol–water partition coefficient (Wildman–Crippen LogP) is 0.362. The van der Waals surface area contributed by atoms with Gasteiger partial charge in [0.2, 0.25) is 0 Å². The van der Waals surface area contributed by atoms with E-state index in [-0.39, 0.29) is 6.04 Å². The molecule has 6 heteroatoms. The summed E-state index contributed by atoms with van der Waals surface area (Å²) in [6, 6.07) is 2.31. The number of aromatic nitrogens is 5. The first-order chi connectivity index (χ1) is 7.77. The largest absolute Gasteiger partial charge is 0.307 e. The zero-order chi connectivity index (χ0) is 11.4. The van der Waals surface area contributed by atoms with Crippen LogP contribution < -0.4 is 5.32 Å². The van der Waals surface area contributed by atoms with Gasteiger partial charge in [-0.15, -0.1) is 5.10 Å². The standard InChI is InChI=1S/C10H16N6/c1-9(10-3-4-13-15(10)2)11-5-7-16-8-6-12-14-16/h3-4,6,8-9,11H,5,7H2,1-2H3. The summed E-state index contributed by atoms with van der Waals surface area (Å²) in [4.78, 5) is 0. The molecular weight excluding hydrogens is 204 g/mol. The molecule has 16 heavy (non-hydrogen) atoms. The number of rotatable bonds is 5. The third kappa shape index (κ3) is 2.46. The molecule has 1 N–H and O–H groups in total. The van der Waals surface area contributed by atoms with Crippen LogP contribution in [-0.2, 0) is 13.6 Å². The van der Waals surface area contributed by atoms with E-state index in [0.29, 0.717) is 0 Å². The highest BCUT2D eigenvalue weighted by Crippen LogP contribution is 2.09. The van der Waals surface area contributed by atoms with Gasteiger partial charge in [0, 0.05) is 32.0 Å². The van der Waals surface area contributed by atoms with E-state index < -0.39 is 0 Å². The lowest BCUT2D eigenvalue weighted by molar-refractivity contribution is 0.481. The third-order valence-electron chi connectivity index (χ3n) is 2.57. The predicted molar refractivity (Wildman–Crippen MR) is 59.6 cm³/mol. The van der Waals surface area contributed by atoms with Crippen molar-refractivity contribution < 1.29 is 0 Å². The molecule has 1 atom stereocenters. The molecule has 0 saturated heterocycles. The number of aryl methyl sites for hydroxylation is 1. The van der Waals surface area contributed by atoms with Gasteiger partial charge < -0.3 is 5.32 Å². The molecule has 0 aliphatic rings. The van der Waals surface area contributed by atoms with Gasteiger partial charge in [-0.1, -0.05) is 5.21 Å². The molecule has 2 heterocycles. The van der Waals surface area contributed by atoms with Crippen LogP contribution in [0.5, 0.6) is 0 Å². The number of hydrogen-bond acceptors (Lipinski definition) is 4. The van der Waals surface area contributed by atoms with Crippen LogP contribution in [0, 0.1) is 0 Å². The Bertz CT molecular complexity index is 418. The highest BCUT2D eigenvalue weighted by molar-refractivity contribution is 5.04. The molecule has 0 bridgehead atoms. The molecule has 0 amide bonds. The second kappa shape index (κ2) is 4.89. The molecule has 0 fully saturated rings. The molecule has 1 unspecified atom stereocenters. The second-order valence-electron chi connectivity index (χ2n) is 3.72. The Labute approximate surface area is 94.3 Å². The molecule has 0 aliphatic heterocycles. The van der Waals surface area contributed by atoms with E-state index in [1.807, 2.05) is 34.9 Å². The molecule has 2 rings (SSSR count). The summed E-state index contributed by atoms with van der Waals surface area (Å²) in [7, 11) is 1.95.